The molecule has 0 saturated heterocycles. The Morgan fingerprint density at radius 3 is 2.22 bits per heavy atom. The number of amides is 1. The summed E-state index contributed by atoms with van der Waals surface area (Å²) >= 11 is 0. The van der Waals surface area contributed by atoms with Gasteiger partial charge in [0.15, 0.2) is 5.78 Å². The molecule has 0 radical (unpaired) electrons. The molecule has 0 unspecified atom stereocenters. The molecule has 0 atom stereocenters. The number of rotatable bonds is 5. The van der Waals surface area contributed by atoms with Crippen LogP contribution in [0.3, 0.4) is 0 Å². The number of fused-ring (bicyclic) bond motifs is 1. The molecule has 1 amide bonds. The van der Waals surface area contributed by atoms with Crippen LogP contribution in [0.15, 0.2) is 77.2 Å². The first kappa shape index (κ1) is 19.9. The van der Waals surface area contributed by atoms with E-state index in [1.165, 1.54) is 24.0 Å². The Bertz CT molecular complexity index is 1280. The molecule has 0 aliphatic heterocycles. The van der Waals surface area contributed by atoms with Crippen LogP contribution in [-0.2, 0) is 12.8 Å². The molecule has 1 N–H and O–H groups in total. The zero-order valence-corrected chi connectivity index (χ0v) is 17.4. The molecular weight excluding hydrogens is 402 g/mol. The molecule has 0 fully saturated rings. The van der Waals surface area contributed by atoms with Crippen molar-refractivity contribution < 1.29 is 14.0 Å². The molecule has 6 nitrogen and oxygen atoms in total. The van der Waals surface area contributed by atoms with E-state index in [1.807, 2.05) is 24.3 Å². The van der Waals surface area contributed by atoms with E-state index in [0.29, 0.717) is 22.6 Å². The van der Waals surface area contributed by atoms with Crippen LogP contribution in [0, 0.1) is 0 Å². The molecule has 1 aromatic heterocycles. The lowest BCUT2D eigenvalue weighted by molar-refractivity contribution is 0.101. The molecule has 3 aromatic carbocycles. The number of nitrogens with one attached hydrogen (secondary N) is 1. The second-order valence-corrected chi connectivity index (χ2v) is 7.83. The van der Waals surface area contributed by atoms with Gasteiger partial charge in [0.2, 0.25) is 5.89 Å². The fourth-order valence-corrected chi connectivity index (χ4v) is 3.96. The van der Waals surface area contributed by atoms with Gasteiger partial charge in [0.05, 0.1) is 0 Å². The molecule has 5 rings (SSSR count). The maximum absolute atomic E-state index is 12.6. The first-order chi connectivity index (χ1) is 15.7. The Kier molecular flexibility index (Phi) is 5.34. The average Bonchev–Trinajstić information content (AvgIpc) is 3.32. The second kappa shape index (κ2) is 8.59. The van der Waals surface area contributed by atoms with Crippen LogP contribution < -0.4 is 5.32 Å². The summed E-state index contributed by atoms with van der Waals surface area (Å²) in [6.45, 7) is 0. The van der Waals surface area contributed by atoms with Crippen molar-refractivity contribution >= 4 is 17.7 Å². The summed E-state index contributed by atoms with van der Waals surface area (Å²) in [4.78, 5) is 25.1. The van der Waals surface area contributed by atoms with Crippen molar-refractivity contribution in [2.24, 2.45) is 0 Å². The molecule has 1 aliphatic carbocycles. The Labute approximate surface area is 185 Å². The average molecular weight is 423 g/mol. The maximum atomic E-state index is 12.6. The minimum absolute atomic E-state index is 0.0344. The Morgan fingerprint density at radius 2 is 1.44 bits per heavy atom. The van der Waals surface area contributed by atoms with E-state index in [-0.39, 0.29) is 17.7 Å². The lowest BCUT2D eigenvalue weighted by Gasteiger charge is -2.15. The van der Waals surface area contributed by atoms with Crippen LogP contribution in [0.5, 0.6) is 0 Å². The van der Waals surface area contributed by atoms with E-state index in [0.717, 1.165) is 18.4 Å². The van der Waals surface area contributed by atoms with Gasteiger partial charge in [-0.15, -0.1) is 5.10 Å². The highest BCUT2D eigenvalue weighted by molar-refractivity contribution is 6.10. The number of aryl methyl sites for hydroxylation is 2. The lowest BCUT2D eigenvalue weighted by atomic mass is 9.90. The fraction of sp³-hybridized carbons (Fsp3) is 0.154. The Hall–Kier alpha value is -4.06. The predicted octanol–water partition coefficient (Wildman–Crippen LogP) is 5.10. The molecule has 6 heteroatoms. The standard InChI is InChI=1S/C26H21N3O3/c30-23(18-7-2-1-3-8-18)19-11-13-20(14-12-19)24(31)27-26-29-28-25(32-26)22-15-10-17-6-4-5-9-21(17)16-22/h1-3,7-8,10-16H,4-6,9H2,(H,27,29,31). The Morgan fingerprint density at radius 1 is 0.750 bits per heavy atom. The molecule has 1 aliphatic rings. The van der Waals surface area contributed by atoms with Gasteiger partial charge in [-0.25, -0.2) is 0 Å². The third kappa shape index (κ3) is 4.07. The van der Waals surface area contributed by atoms with Crippen molar-refractivity contribution in [2.75, 3.05) is 5.32 Å². The monoisotopic (exact) mass is 423 g/mol. The number of aromatic nitrogens is 2. The highest BCUT2D eigenvalue weighted by Gasteiger charge is 2.16. The molecule has 158 valence electrons. The van der Waals surface area contributed by atoms with Crippen LogP contribution >= 0.6 is 0 Å². The van der Waals surface area contributed by atoms with E-state index in [1.54, 1.807) is 36.4 Å². The number of carbonyl (C=O) groups is 2. The minimum atomic E-state index is -0.385. The first-order valence-electron chi connectivity index (χ1n) is 10.6. The highest BCUT2D eigenvalue weighted by Crippen LogP contribution is 2.27. The summed E-state index contributed by atoms with van der Waals surface area (Å²) in [6, 6.07) is 21.7. The lowest BCUT2D eigenvalue weighted by Crippen LogP contribution is -2.12. The van der Waals surface area contributed by atoms with Crippen LogP contribution in [0.4, 0.5) is 6.01 Å². The van der Waals surface area contributed by atoms with E-state index in [4.69, 9.17) is 4.42 Å². The number of ketones is 1. The number of anilines is 1. The van der Waals surface area contributed by atoms with Gasteiger partial charge in [0.25, 0.3) is 5.91 Å². The zero-order chi connectivity index (χ0) is 21.9. The van der Waals surface area contributed by atoms with Gasteiger partial charge < -0.3 is 4.42 Å². The first-order valence-corrected chi connectivity index (χ1v) is 10.6. The van der Waals surface area contributed by atoms with E-state index < -0.39 is 0 Å². The fourth-order valence-electron chi connectivity index (χ4n) is 3.96. The zero-order valence-electron chi connectivity index (χ0n) is 17.4. The number of carbonyl (C=O) groups excluding carboxylic acids is 2. The second-order valence-electron chi connectivity index (χ2n) is 7.83. The van der Waals surface area contributed by atoms with E-state index >= 15 is 0 Å². The van der Waals surface area contributed by atoms with Gasteiger partial charge in [-0.2, -0.15) is 0 Å². The van der Waals surface area contributed by atoms with Crippen LogP contribution in [0.1, 0.15) is 50.2 Å². The third-order valence-electron chi connectivity index (χ3n) is 5.69. The minimum Gasteiger partial charge on any atom is -0.403 e. The predicted molar refractivity (Wildman–Crippen MR) is 121 cm³/mol. The number of hydrogen-bond donors (Lipinski definition) is 1. The highest BCUT2D eigenvalue weighted by atomic mass is 16.4. The summed E-state index contributed by atoms with van der Waals surface area (Å²) in [5.41, 5.74) is 5.06. The molecule has 0 bridgehead atoms. The summed E-state index contributed by atoms with van der Waals surface area (Å²) in [6.07, 6.45) is 4.59. The van der Waals surface area contributed by atoms with Gasteiger partial charge in [-0.3, -0.25) is 14.9 Å². The van der Waals surface area contributed by atoms with Crippen molar-refractivity contribution in [3.8, 4) is 11.5 Å². The summed E-state index contributed by atoms with van der Waals surface area (Å²) in [5, 5.41) is 10.7. The normalized spacial score (nSPS) is 12.8. The van der Waals surface area contributed by atoms with Crippen molar-refractivity contribution in [3.63, 3.8) is 0 Å². The van der Waals surface area contributed by atoms with Gasteiger partial charge >= 0.3 is 6.01 Å². The number of benzene rings is 3. The van der Waals surface area contributed by atoms with E-state index in [9.17, 15) is 9.59 Å². The van der Waals surface area contributed by atoms with E-state index in [2.05, 4.69) is 27.6 Å². The maximum Gasteiger partial charge on any atom is 0.322 e. The molecule has 1 heterocycles. The quantitative estimate of drug-likeness (QED) is 0.452. The van der Waals surface area contributed by atoms with Crippen LogP contribution in [-0.4, -0.2) is 21.9 Å². The van der Waals surface area contributed by atoms with Gasteiger partial charge in [0, 0.05) is 22.3 Å². The molecule has 0 spiro atoms. The summed E-state index contributed by atoms with van der Waals surface area (Å²) in [7, 11) is 0. The molecular formula is C26H21N3O3. The van der Waals surface area contributed by atoms with Crippen LogP contribution in [0.25, 0.3) is 11.5 Å². The third-order valence-corrected chi connectivity index (χ3v) is 5.69. The van der Waals surface area contributed by atoms with Crippen molar-refractivity contribution in [3.05, 3.63) is 101 Å². The number of nitrogens with zero attached hydrogens (tertiary/aromatic N) is 2. The molecule has 4 aromatic rings. The van der Waals surface area contributed by atoms with Gasteiger partial charge in [-0.05, 0) is 61.1 Å². The molecule has 0 saturated carbocycles. The Balaban J connectivity index is 1.28. The van der Waals surface area contributed by atoms with Crippen LogP contribution in [0.2, 0.25) is 0 Å². The van der Waals surface area contributed by atoms with Gasteiger partial charge in [-0.1, -0.05) is 53.6 Å². The van der Waals surface area contributed by atoms with Crippen molar-refractivity contribution in [1.82, 2.24) is 10.2 Å². The largest absolute Gasteiger partial charge is 0.403 e. The SMILES string of the molecule is O=C(Nc1nnc(-c2ccc3c(c2)CCCC3)o1)c1ccc(C(=O)c2ccccc2)cc1. The topological polar surface area (TPSA) is 85.1 Å². The smallest absolute Gasteiger partial charge is 0.322 e. The van der Waals surface area contributed by atoms with Gasteiger partial charge in [0.1, 0.15) is 0 Å². The summed E-state index contributed by atoms with van der Waals surface area (Å²) < 4.78 is 5.66. The molecule has 32 heavy (non-hydrogen) atoms. The van der Waals surface area contributed by atoms with Crippen molar-refractivity contribution in [1.29, 1.82) is 0 Å². The summed E-state index contributed by atoms with van der Waals surface area (Å²) in [5.74, 6) is -0.106. The number of hydrogen-bond acceptors (Lipinski definition) is 5. The van der Waals surface area contributed by atoms with Crippen molar-refractivity contribution in [2.45, 2.75) is 25.7 Å².